The third kappa shape index (κ3) is 3.21. The lowest BCUT2D eigenvalue weighted by Crippen LogP contribution is -2.50. The zero-order valence-electron chi connectivity index (χ0n) is 11.0. The molecule has 1 aliphatic carbocycles. The molecular weight excluding hydrogens is 212 g/mol. The van der Waals surface area contributed by atoms with E-state index in [9.17, 15) is 0 Å². The summed E-state index contributed by atoms with van der Waals surface area (Å²) in [5.41, 5.74) is 0. The third-order valence-corrected chi connectivity index (χ3v) is 4.42. The molecule has 0 radical (unpaired) electrons. The largest absolute Gasteiger partial charge is 0.372 e. The lowest BCUT2D eigenvalue weighted by Gasteiger charge is -2.39. The molecule has 2 aliphatic heterocycles. The Bertz CT molecular complexity index is 249. The van der Waals surface area contributed by atoms with Gasteiger partial charge in [0.2, 0.25) is 0 Å². The summed E-state index contributed by atoms with van der Waals surface area (Å²) < 4.78 is 6.07. The van der Waals surface area contributed by atoms with Gasteiger partial charge in [0.05, 0.1) is 12.2 Å². The SMILES string of the molecule is CC1CN(CC2CCCNC2)CC(C2CC2)O1. The molecule has 1 saturated carbocycles. The van der Waals surface area contributed by atoms with Crippen LogP contribution in [0.1, 0.15) is 32.6 Å². The van der Waals surface area contributed by atoms with Crippen molar-refractivity contribution in [2.45, 2.75) is 44.8 Å². The fourth-order valence-electron chi connectivity index (χ4n) is 3.40. The molecule has 0 aromatic rings. The first-order valence-electron chi connectivity index (χ1n) is 7.40. The fourth-order valence-corrected chi connectivity index (χ4v) is 3.40. The van der Waals surface area contributed by atoms with Crippen molar-refractivity contribution in [3.8, 4) is 0 Å². The number of ether oxygens (including phenoxy) is 1. The van der Waals surface area contributed by atoms with Crippen molar-refractivity contribution in [3.63, 3.8) is 0 Å². The van der Waals surface area contributed by atoms with E-state index in [1.54, 1.807) is 0 Å². The van der Waals surface area contributed by atoms with Gasteiger partial charge in [-0.1, -0.05) is 0 Å². The normalized spacial score (nSPS) is 40.4. The van der Waals surface area contributed by atoms with Crippen LogP contribution < -0.4 is 5.32 Å². The van der Waals surface area contributed by atoms with E-state index in [1.807, 2.05) is 0 Å². The molecule has 98 valence electrons. The number of hydrogen-bond donors (Lipinski definition) is 1. The molecule has 0 bridgehead atoms. The number of rotatable bonds is 3. The predicted octanol–water partition coefficient (Wildman–Crippen LogP) is 1.49. The quantitative estimate of drug-likeness (QED) is 0.806. The number of hydrogen-bond acceptors (Lipinski definition) is 3. The van der Waals surface area contributed by atoms with Crippen molar-refractivity contribution in [3.05, 3.63) is 0 Å². The van der Waals surface area contributed by atoms with E-state index in [0.717, 1.165) is 18.4 Å². The molecule has 3 aliphatic rings. The molecular formula is C14H26N2O. The first-order valence-corrected chi connectivity index (χ1v) is 7.40. The van der Waals surface area contributed by atoms with E-state index in [4.69, 9.17) is 4.74 Å². The van der Waals surface area contributed by atoms with Crippen LogP contribution in [-0.2, 0) is 4.74 Å². The molecule has 1 N–H and O–H groups in total. The minimum absolute atomic E-state index is 0.436. The Morgan fingerprint density at radius 1 is 1.24 bits per heavy atom. The maximum absolute atomic E-state index is 6.07. The minimum atomic E-state index is 0.436. The van der Waals surface area contributed by atoms with Crippen molar-refractivity contribution >= 4 is 0 Å². The van der Waals surface area contributed by atoms with Gasteiger partial charge >= 0.3 is 0 Å². The molecule has 3 heteroatoms. The summed E-state index contributed by atoms with van der Waals surface area (Å²) in [6.07, 6.45) is 6.54. The van der Waals surface area contributed by atoms with Gasteiger partial charge in [-0.05, 0) is 57.5 Å². The molecule has 0 aromatic carbocycles. The Morgan fingerprint density at radius 2 is 2.12 bits per heavy atom. The van der Waals surface area contributed by atoms with Crippen LogP contribution in [0, 0.1) is 11.8 Å². The van der Waals surface area contributed by atoms with Crippen LogP contribution in [0.3, 0.4) is 0 Å². The van der Waals surface area contributed by atoms with Gasteiger partial charge in [-0.25, -0.2) is 0 Å². The molecule has 2 saturated heterocycles. The van der Waals surface area contributed by atoms with Gasteiger partial charge in [0.15, 0.2) is 0 Å². The minimum Gasteiger partial charge on any atom is -0.372 e. The Labute approximate surface area is 105 Å². The average molecular weight is 238 g/mol. The average Bonchev–Trinajstić information content (AvgIpc) is 3.13. The maximum atomic E-state index is 6.07. The summed E-state index contributed by atoms with van der Waals surface area (Å²) in [7, 11) is 0. The molecule has 17 heavy (non-hydrogen) atoms. The highest BCUT2D eigenvalue weighted by molar-refractivity contribution is 4.89. The predicted molar refractivity (Wildman–Crippen MR) is 69.1 cm³/mol. The van der Waals surface area contributed by atoms with E-state index in [2.05, 4.69) is 17.1 Å². The Morgan fingerprint density at radius 3 is 2.82 bits per heavy atom. The molecule has 0 spiro atoms. The zero-order valence-corrected chi connectivity index (χ0v) is 11.0. The summed E-state index contributed by atoms with van der Waals surface area (Å²) in [4.78, 5) is 2.66. The van der Waals surface area contributed by atoms with Gasteiger partial charge < -0.3 is 10.1 Å². The molecule has 3 fully saturated rings. The van der Waals surface area contributed by atoms with Gasteiger partial charge in [-0.15, -0.1) is 0 Å². The highest BCUT2D eigenvalue weighted by atomic mass is 16.5. The second-order valence-electron chi connectivity index (χ2n) is 6.25. The van der Waals surface area contributed by atoms with Crippen molar-refractivity contribution in [2.75, 3.05) is 32.7 Å². The van der Waals surface area contributed by atoms with Crippen molar-refractivity contribution in [2.24, 2.45) is 11.8 Å². The number of nitrogens with zero attached hydrogens (tertiary/aromatic N) is 1. The smallest absolute Gasteiger partial charge is 0.0734 e. The van der Waals surface area contributed by atoms with E-state index < -0.39 is 0 Å². The summed E-state index contributed by atoms with van der Waals surface area (Å²) in [5.74, 6) is 1.75. The fraction of sp³-hybridized carbons (Fsp3) is 1.00. The van der Waals surface area contributed by atoms with Crippen molar-refractivity contribution < 1.29 is 4.74 Å². The summed E-state index contributed by atoms with van der Waals surface area (Å²) in [6.45, 7) is 8.29. The van der Waals surface area contributed by atoms with Gasteiger partial charge in [0.1, 0.15) is 0 Å². The van der Waals surface area contributed by atoms with Gasteiger partial charge in [-0.2, -0.15) is 0 Å². The van der Waals surface area contributed by atoms with Crippen LogP contribution in [0.25, 0.3) is 0 Å². The Balaban J connectivity index is 1.50. The van der Waals surface area contributed by atoms with Crippen LogP contribution >= 0.6 is 0 Å². The highest BCUT2D eigenvalue weighted by Crippen LogP contribution is 2.36. The lowest BCUT2D eigenvalue weighted by atomic mass is 9.98. The number of piperidine rings is 1. The van der Waals surface area contributed by atoms with Gasteiger partial charge in [0, 0.05) is 19.6 Å². The van der Waals surface area contributed by atoms with E-state index in [-0.39, 0.29) is 0 Å². The number of morpholine rings is 1. The van der Waals surface area contributed by atoms with Gasteiger partial charge in [-0.3, -0.25) is 4.90 Å². The van der Waals surface area contributed by atoms with Crippen LogP contribution in [-0.4, -0.2) is 49.8 Å². The van der Waals surface area contributed by atoms with E-state index in [1.165, 1.54) is 51.9 Å². The van der Waals surface area contributed by atoms with Crippen LogP contribution in [0.2, 0.25) is 0 Å². The topological polar surface area (TPSA) is 24.5 Å². The Hall–Kier alpha value is -0.120. The summed E-state index contributed by atoms with van der Waals surface area (Å²) in [5, 5.41) is 3.52. The van der Waals surface area contributed by atoms with E-state index in [0.29, 0.717) is 12.2 Å². The van der Waals surface area contributed by atoms with Crippen molar-refractivity contribution in [1.82, 2.24) is 10.2 Å². The molecule has 3 nitrogen and oxygen atoms in total. The van der Waals surface area contributed by atoms with Crippen LogP contribution in [0.4, 0.5) is 0 Å². The summed E-state index contributed by atoms with van der Waals surface area (Å²) in [6, 6.07) is 0. The Kier molecular flexibility index (Phi) is 3.69. The first-order chi connectivity index (χ1) is 8.31. The first kappa shape index (κ1) is 11.9. The van der Waals surface area contributed by atoms with E-state index >= 15 is 0 Å². The second-order valence-corrected chi connectivity index (χ2v) is 6.25. The molecule has 0 amide bonds. The molecule has 0 aromatic heterocycles. The highest BCUT2D eigenvalue weighted by Gasteiger charge is 2.37. The van der Waals surface area contributed by atoms with Gasteiger partial charge in [0.25, 0.3) is 0 Å². The summed E-state index contributed by atoms with van der Waals surface area (Å²) >= 11 is 0. The third-order valence-electron chi connectivity index (χ3n) is 4.42. The number of nitrogens with one attached hydrogen (secondary N) is 1. The molecule has 2 heterocycles. The van der Waals surface area contributed by atoms with Crippen LogP contribution in [0.15, 0.2) is 0 Å². The molecule has 3 rings (SSSR count). The zero-order chi connectivity index (χ0) is 11.7. The lowest BCUT2D eigenvalue weighted by molar-refractivity contribution is -0.0893. The molecule has 3 atom stereocenters. The monoisotopic (exact) mass is 238 g/mol. The standard InChI is InChI=1S/C14H26N2O/c1-11-8-16(9-12-3-2-6-15-7-12)10-14(17-11)13-4-5-13/h11-15H,2-10H2,1H3. The maximum Gasteiger partial charge on any atom is 0.0734 e. The van der Waals surface area contributed by atoms with Crippen LogP contribution in [0.5, 0.6) is 0 Å². The molecule has 3 unspecified atom stereocenters. The van der Waals surface area contributed by atoms with Crippen molar-refractivity contribution in [1.29, 1.82) is 0 Å². The second kappa shape index (κ2) is 5.25.